The molecular formula is C14H17ClN2O3S. The average Bonchev–Trinajstić information content (AvgIpc) is 2.87. The van der Waals surface area contributed by atoms with Crippen LogP contribution in [0.4, 0.5) is 5.69 Å². The summed E-state index contributed by atoms with van der Waals surface area (Å²) in [5, 5.41) is 3.70. The van der Waals surface area contributed by atoms with Gasteiger partial charge in [-0.15, -0.1) is 0 Å². The lowest BCUT2D eigenvalue weighted by molar-refractivity contribution is 0.402. The fourth-order valence-electron chi connectivity index (χ4n) is 1.80. The molecule has 2 rings (SSSR count). The first-order valence-corrected chi connectivity index (χ1v) is 8.14. The van der Waals surface area contributed by atoms with E-state index in [2.05, 4.69) is 5.32 Å². The molecule has 1 aromatic carbocycles. The number of aryl methyl sites for hydroxylation is 1. The van der Waals surface area contributed by atoms with Crippen molar-refractivity contribution in [3.05, 3.63) is 46.7 Å². The molecule has 0 fully saturated rings. The van der Waals surface area contributed by atoms with Crippen LogP contribution in [0.3, 0.4) is 0 Å². The summed E-state index contributed by atoms with van der Waals surface area (Å²) >= 11 is 6.12. The second kappa shape index (κ2) is 6.09. The van der Waals surface area contributed by atoms with Crippen LogP contribution >= 0.6 is 11.6 Å². The predicted octanol–water partition coefficient (Wildman–Crippen LogP) is 3.10. The second-order valence-electron chi connectivity index (χ2n) is 4.79. The van der Waals surface area contributed by atoms with Gasteiger partial charge in [0.25, 0.3) is 10.0 Å². The summed E-state index contributed by atoms with van der Waals surface area (Å²) in [6.07, 6.45) is 0. The fourth-order valence-corrected chi connectivity index (χ4v) is 2.90. The molecule has 1 N–H and O–H groups in total. The van der Waals surface area contributed by atoms with Gasteiger partial charge in [0, 0.05) is 14.1 Å². The first kappa shape index (κ1) is 15.9. The Labute approximate surface area is 129 Å². The molecule has 0 aliphatic rings. The highest BCUT2D eigenvalue weighted by atomic mass is 35.5. The number of sulfonamides is 1. The Bertz CT molecular complexity index is 718. The molecule has 7 heteroatoms. The molecule has 1 aromatic heterocycles. The van der Waals surface area contributed by atoms with Gasteiger partial charge < -0.3 is 9.73 Å². The Morgan fingerprint density at radius 2 is 1.95 bits per heavy atom. The van der Waals surface area contributed by atoms with E-state index in [4.69, 9.17) is 16.0 Å². The third-order valence-electron chi connectivity index (χ3n) is 3.03. The van der Waals surface area contributed by atoms with Crippen LogP contribution in [-0.2, 0) is 16.6 Å². The lowest BCUT2D eigenvalue weighted by Gasteiger charge is -2.10. The predicted molar refractivity (Wildman–Crippen MR) is 83.1 cm³/mol. The van der Waals surface area contributed by atoms with Gasteiger partial charge >= 0.3 is 0 Å². The van der Waals surface area contributed by atoms with E-state index in [1.807, 2.05) is 19.1 Å². The normalized spacial score (nSPS) is 11.9. The zero-order chi connectivity index (χ0) is 15.6. The van der Waals surface area contributed by atoms with Crippen LogP contribution < -0.4 is 5.32 Å². The summed E-state index contributed by atoms with van der Waals surface area (Å²) in [6, 6.07) is 8.69. The fraction of sp³-hybridized carbons (Fsp3) is 0.286. The molecule has 5 nitrogen and oxygen atoms in total. The van der Waals surface area contributed by atoms with Gasteiger partial charge in [0.15, 0.2) is 0 Å². The van der Waals surface area contributed by atoms with Crippen molar-refractivity contribution in [2.45, 2.75) is 18.6 Å². The zero-order valence-electron chi connectivity index (χ0n) is 12.1. The Balaban J connectivity index is 2.14. The average molecular weight is 329 g/mol. The van der Waals surface area contributed by atoms with E-state index in [1.165, 1.54) is 20.2 Å². The molecule has 0 saturated heterocycles. The van der Waals surface area contributed by atoms with Crippen molar-refractivity contribution in [2.24, 2.45) is 0 Å². The van der Waals surface area contributed by atoms with E-state index < -0.39 is 10.0 Å². The number of furan rings is 1. The van der Waals surface area contributed by atoms with Gasteiger partial charge in [0.1, 0.15) is 5.76 Å². The lowest BCUT2D eigenvalue weighted by atomic mass is 10.2. The highest BCUT2D eigenvalue weighted by molar-refractivity contribution is 7.88. The third-order valence-corrected chi connectivity index (χ3v) is 5.04. The maximum atomic E-state index is 11.9. The highest BCUT2D eigenvalue weighted by Crippen LogP contribution is 2.26. The number of hydrogen-bond acceptors (Lipinski definition) is 4. The van der Waals surface area contributed by atoms with E-state index in [0.29, 0.717) is 17.3 Å². The highest BCUT2D eigenvalue weighted by Gasteiger charge is 2.21. The number of nitrogens with zero attached hydrogens (tertiary/aromatic N) is 1. The minimum absolute atomic E-state index is 0.0693. The maximum absolute atomic E-state index is 11.9. The monoisotopic (exact) mass is 328 g/mol. The van der Waals surface area contributed by atoms with Gasteiger partial charge in [-0.2, -0.15) is 0 Å². The van der Waals surface area contributed by atoms with E-state index in [-0.39, 0.29) is 5.09 Å². The molecular weight excluding hydrogens is 312 g/mol. The minimum Gasteiger partial charge on any atom is -0.446 e. The number of halogens is 1. The van der Waals surface area contributed by atoms with Crippen molar-refractivity contribution < 1.29 is 12.8 Å². The minimum atomic E-state index is -3.54. The molecule has 0 bridgehead atoms. The Kier molecular flexibility index (Phi) is 4.61. The van der Waals surface area contributed by atoms with Crippen molar-refractivity contribution in [2.75, 3.05) is 19.4 Å². The number of hydrogen-bond donors (Lipinski definition) is 1. The van der Waals surface area contributed by atoms with E-state index in [9.17, 15) is 8.42 Å². The summed E-state index contributed by atoms with van der Waals surface area (Å²) in [6.45, 7) is 2.30. The smallest absolute Gasteiger partial charge is 0.275 e. The molecule has 0 atom stereocenters. The maximum Gasteiger partial charge on any atom is 0.275 e. The second-order valence-corrected chi connectivity index (χ2v) is 7.28. The van der Waals surface area contributed by atoms with Crippen molar-refractivity contribution in [3.63, 3.8) is 0 Å². The van der Waals surface area contributed by atoms with Gasteiger partial charge in [-0.3, -0.25) is 0 Å². The molecule has 1 heterocycles. The van der Waals surface area contributed by atoms with Gasteiger partial charge in [0.05, 0.1) is 17.3 Å². The van der Waals surface area contributed by atoms with Crippen LogP contribution in [0.25, 0.3) is 0 Å². The molecule has 0 aliphatic heterocycles. The standard InChI is InChI=1S/C14H17ClN2O3S/c1-10-5-4-6-12(15)14(10)16-9-11-7-8-13(20-11)21(18,19)17(2)3/h4-8,16H,9H2,1-3H3. The van der Waals surface area contributed by atoms with E-state index in [1.54, 1.807) is 12.1 Å². The Hall–Kier alpha value is -1.50. The molecule has 0 amide bonds. The van der Waals surface area contributed by atoms with Crippen LogP contribution in [-0.4, -0.2) is 26.8 Å². The summed E-state index contributed by atoms with van der Waals surface area (Å²) in [4.78, 5) is 0. The first-order valence-electron chi connectivity index (χ1n) is 6.32. The number of rotatable bonds is 5. The molecule has 0 aliphatic carbocycles. The summed E-state index contributed by atoms with van der Waals surface area (Å²) in [7, 11) is -0.620. The summed E-state index contributed by atoms with van der Waals surface area (Å²) in [5.74, 6) is 0.523. The van der Waals surface area contributed by atoms with Gasteiger partial charge in [-0.1, -0.05) is 23.7 Å². The zero-order valence-corrected chi connectivity index (χ0v) is 13.6. The molecule has 21 heavy (non-hydrogen) atoms. The molecule has 2 aromatic rings. The SMILES string of the molecule is Cc1cccc(Cl)c1NCc1ccc(S(=O)(=O)N(C)C)o1. The summed E-state index contributed by atoms with van der Waals surface area (Å²) in [5.41, 5.74) is 1.82. The molecule has 114 valence electrons. The molecule has 0 saturated carbocycles. The van der Waals surface area contributed by atoms with Crippen LogP contribution in [0.1, 0.15) is 11.3 Å². The van der Waals surface area contributed by atoms with E-state index in [0.717, 1.165) is 15.6 Å². The van der Waals surface area contributed by atoms with E-state index >= 15 is 0 Å². The molecule has 0 unspecified atom stereocenters. The van der Waals surface area contributed by atoms with Crippen LogP contribution in [0, 0.1) is 6.92 Å². The van der Waals surface area contributed by atoms with Gasteiger partial charge in [-0.25, -0.2) is 12.7 Å². The van der Waals surface area contributed by atoms with Crippen LogP contribution in [0.2, 0.25) is 5.02 Å². The lowest BCUT2D eigenvalue weighted by Crippen LogP contribution is -2.21. The Morgan fingerprint density at radius 3 is 2.57 bits per heavy atom. The number of benzene rings is 1. The number of nitrogens with one attached hydrogen (secondary N) is 1. The van der Waals surface area contributed by atoms with Crippen molar-refractivity contribution in [1.29, 1.82) is 0 Å². The van der Waals surface area contributed by atoms with Gasteiger partial charge in [-0.05, 0) is 30.7 Å². The first-order chi connectivity index (χ1) is 9.82. The summed E-state index contributed by atoms with van der Waals surface area (Å²) < 4.78 is 30.3. The quantitative estimate of drug-likeness (QED) is 0.916. The largest absolute Gasteiger partial charge is 0.446 e. The van der Waals surface area contributed by atoms with Crippen molar-refractivity contribution >= 4 is 27.3 Å². The van der Waals surface area contributed by atoms with Crippen molar-refractivity contribution in [3.8, 4) is 0 Å². The van der Waals surface area contributed by atoms with Gasteiger partial charge in [0.2, 0.25) is 5.09 Å². The van der Waals surface area contributed by atoms with Crippen LogP contribution in [0.5, 0.6) is 0 Å². The van der Waals surface area contributed by atoms with Crippen molar-refractivity contribution in [1.82, 2.24) is 4.31 Å². The molecule has 0 radical (unpaired) electrons. The van der Waals surface area contributed by atoms with Crippen LogP contribution in [0.15, 0.2) is 39.8 Å². The number of anilines is 1. The topological polar surface area (TPSA) is 62.6 Å². The number of para-hydroxylation sites is 1. The molecule has 0 spiro atoms. The third kappa shape index (κ3) is 3.40. The Morgan fingerprint density at radius 1 is 1.24 bits per heavy atom.